The van der Waals surface area contributed by atoms with Gasteiger partial charge in [-0.25, -0.2) is 0 Å². The van der Waals surface area contributed by atoms with Gasteiger partial charge in [0.15, 0.2) is 9.54 Å². The number of benzene rings is 2. The summed E-state index contributed by atoms with van der Waals surface area (Å²) in [6, 6.07) is 15.8. The molecule has 0 radical (unpaired) electrons. The van der Waals surface area contributed by atoms with Gasteiger partial charge in [-0.3, -0.25) is 0 Å². The Labute approximate surface area is 124 Å². The van der Waals surface area contributed by atoms with Crippen molar-refractivity contribution in [3.05, 3.63) is 58.1 Å². The maximum Gasteiger partial charge on any atom is 0.175 e. The largest absolute Gasteiger partial charge is 0.331 e. The average molecular weight is 300 g/mol. The lowest BCUT2D eigenvalue weighted by atomic mass is 10.3. The number of para-hydroxylation sites is 4. The predicted octanol–water partition coefficient (Wildman–Crippen LogP) is 4.45. The van der Waals surface area contributed by atoms with Crippen molar-refractivity contribution >= 4 is 46.5 Å². The normalized spacial score (nSPS) is 10.4. The lowest BCUT2D eigenvalue weighted by Gasteiger charge is -1.82. The summed E-state index contributed by atoms with van der Waals surface area (Å²) in [7, 11) is 0. The first-order valence-corrected chi connectivity index (χ1v) is 6.88. The molecule has 4 aromatic rings. The van der Waals surface area contributed by atoms with Crippen LogP contribution in [0.25, 0.3) is 22.1 Å². The topological polar surface area (TPSA) is 63.2 Å². The van der Waals surface area contributed by atoms with Crippen LogP contribution in [0.3, 0.4) is 0 Å². The molecule has 4 nitrogen and oxygen atoms in total. The van der Waals surface area contributed by atoms with Gasteiger partial charge in [-0.1, -0.05) is 24.3 Å². The van der Waals surface area contributed by atoms with Crippen LogP contribution in [0.4, 0.5) is 0 Å². The van der Waals surface area contributed by atoms with E-state index in [1.54, 1.807) is 0 Å². The van der Waals surface area contributed by atoms with Crippen LogP contribution < -0.4 is 0 Å². The number of aromatic nitrogens is 4. The van der Waals surface area contributed by atoms with Crippen molar-refractivity contribution in [1.29, 1.82) is 0 Å². The zero-order valence-corrected chi connectivity index (χ0v) is 12.1. The van der Waals surface area contributed by atoms with E-state index in [1.165, 1.54) is 0 Å². The lowest BCUT2D eigenvalue weighted by molar-refractivity contribution is 1.30. The molecular formula is C14H12N4S2. The standard InChI is InChI=1S/2C7H6N2S/c2*10-7-8-5-3-1-2-4-6(5)9-7/h2*1-4H,(H2,8,9,10). The minimum atomic E-state index is 0.682. The minimum Gasteiger partial charge on any atom is -0.331 e. The Balaban J connectivity index is 0.000000121. The molecule has 0 amide bonds. The molecule has 2 aromatic heterocycles. The third kappa shape index (κ3) is 2.71. The minimum absolute atomic E-state index is 0.682. The second-order valence-corrected chi connectivity index (χ2v) is 5.07. The van der Waals surface area contributed by atoms with Crippen LogP contribution in [0.2, 0.25) is 0 Å². The highest BCUT2D eigenvalue weighted by atomic mass is 32.1. The molecule has 2 heterocycles. The zero-order valence-electron chi connectivity index (χ0n) is 10.4. The Bertz CT molecular complexity index is 806. The summed E-state index contributed by atoms with van der Waals surface area (Å²) in [5.74, 6) is 0. The Morgan fingerprint density at radius 1 is 0.500 bits per heavy atom. The van der Waals surface area contributed by atoms with Gasteiger partial charge in [-0.2, -0.15) is 0 Å². The van der Waals surface area contributed by atoms with Crippen molar-refractivity contribution in [3.63, 3.8) is 0 Å². The van der Waals surface area contributed by atoms with Crippen LogP contribution in [0.1, 0.15) is 0 Å². The molecule has 0 saturated carbocycles. The van der Waals surface area contributed by atoms with Gasteiger partial charge < -0.3 is 19.9 Å². The molecule has 0 spiro atoms. The number of H-pyrrole nitrogens is 4. The van der Waals surface area contributed by atoms with Gasteiger partial charge in [0.25, 0.3) is 0 Å². The van der Waals surface area contributed by atoms with Crippen molar-refractivity contribution in [2.24, 2.45) is 0 Å². The molecule has 0 saturated heterocycles. The van der Waals surface area contributed by atoms with Gasteiger partial charge in [0.05, 0.1) is 22.1 Å². The van der Waals surface area contributed by atoms with E-state index in [0.29, 0.717) is 9.54 Å². The Morgan fingerprint density at radius 2 is 0.750 bits per heavy atom. The highest BCUT2D eigenvalue weighted by Crippen LogP contribution is 2.07. The molecule has 0 unspecified atom stereocenters. The third-order valence-electron chi connectivity index (χ3n) is 2.85. The second kappa shape index (κ2) is 5.44. The van der Waals surface area contributed by atoms with E-state index in [0.717, 1.165) is 22.1 Å². The number of aromatic amines is 4. The van der Waals surface area contributed by atoms with E-state index in [9.17, 15) is 0 Å². The number of fused-ring (bicyclic) bond motifs is 2. The summed E-state index contributed by atoms with van der Waals surface area (Å²) in [5.41, 5.74) is 4.25. The highest BCUT2D eigenvalue weighted by Gasteiger charge is 1.90. The van der Waals surface area contributed by atoms with E-state index < -0.39 is 0 Å². The molecule has 4 N–H and O–H groups in total. The molecule has 100 valence electrons. The zero-order chi connectivity index (χ0) is 13.9. The van der Waals surface area contributed by atoms with Crippen molar-refractivity contribution in [2.75, 3.05) is 0 Å². The first kappa shape index (κ1) is 12.8. The molecule has 0 fully saturated rings. The predicted molar refractivity (Wildman–Crippen MR) is 87.0 cm³/mol. The molecule has 0 atom stereocenters. The van der Waals surface area contributed by atoms with Crippen LogP contribution >= 0.6 is 24.4 Å². The van der Waals surface area contributed by atoms with Gasteiger partial charge in [-0.05, 0) is 48.7 Å². The molecule has 0 aliphatic carbocycles. The van der Waals surface area contributed by atoms with Crippen molar-refractivity contribution in [3.8, 4) is 0 Å². The van der Waals surface area contributed by atoms with Gasteiger partial charge in [0.2, 0.25) is 0 Å². The monoisotopic (exact) mass is 300 g/mol. The van der Waals surface area contributed by atoms with Crippen LogP contribution in [-0.4, -0.2) is 19.9 Å². The molecule has 0 aliphatic rings. The third-order valence-corrected chi connectivity index (χ3v) is 3.26. The number of hydrogen-bond donors (Lipinski definition) is 4. The fourth-order valence-electron chi connectivity index (χ4n) is 1.95. The SMILES string of the molecule is S=c1[nH]c2ccccc2[nH]1.S=c1[nH]c2ccccc2[nH]1. The van der Waals surface area contributed by atoms with Crippen molar-refractivity contribution in [2.45, 2.75) is 0 Å². The average Bonchev–Trinajstić information content (AvgIpc) is 2.99. The van der Waals surface area contributed by atoms with Gasteiger partial charge in [0, 0.05) is 0 Å². The number of imidazole rings is 2. The first-order valence-electron chi connectivity index (χ1n) is 6.06. The summed E-state index contributed by atoms with van der Waals surface area (Å²) >= 11 is 9.80. The van der Waals surface area contributed by atoms with E-state index in [4.69, 9.17) is 24.4 Å². The Kier molecular flexibility index (Phi) is 3.49. The molecule has 6 heteroatoms. The quantitative estimate of drug-likeness (QED) is 0.362. The lowest BCUT2D eigenvalue weighted by Crippen LogP contribution is -1.63. The Morgan fingerprint density at radius 3 is 1.00 bits per heavy atom. The molecule has 0 bridgehead atoms. The van der Waals surface area contributed by atoms with E-state index >= 15 is 0 Å². The molecule has 20 heavy (non-hydrogen) atoms. The molecular weight excluding hydrogens is 288 g/mol. The van der Waals surface area contributed by atoms with Crippen LogP contribution in [-0.2, 0) is 0 Å². The fraction of sp³-hybridized carbons (Fsp3) is 0. The van der Waals surface area contributed by atoms with Crippen LogP contribution in [0.5, 0.6) is 0 Å². The van der Waals surface area contributed by atoms with Crippen LogP contribution in [0, 0.1) is 9.54 Å². The molecule has 4 rings (SSSR count). The summed E-state index contributed by atoms with van der Waals surface area (Å²) in [6.45, 7) is 0. The van der Waals surface area contributed by atoms with Crippen LogP contribution in [0.15, 0.2) is 48.5 Å². The number of rotatable bonds is 0. The van der Waals surface area contributed by atoms with Gasteiger partial charge in [-0.15, -0.1) is 0 Å². The van der Waals surface area contributed by atoms with Gasteiger partial charge >= 0.3 is 0 Å². The summed E-state index contributed by atoms with van der Waals surface area (Å²) < 4.78 is 1.36. The second-order valence-electron chi connectivity index (χ2n) is 4.25. The maximum atomic E-state index is 4.90. The smallest absolute Gasteiger partial charge is 0.175 e. The van der Waals surface area contributed by atoms with E-state index in [2.05, 4.69) is 19.9 Å². The maximum absolute atomic E-state index is 4.90. The number of hydrogen-bond acceptors (Lipinski definition) is 2. The van der Waals surface area contributed by atoms with Crippen molar-refractivity contribution < 1.29 is 0 Å². The summed E-state index contributed by atoms with van der Waals surface area (Å²) in [5, 5.41) is 0. The van der Waals surface area contributed by atoms with Gasteiger partial charge in [0.1, 0.15) is 0 Å². The van der Waals surface area contributed by atoms with E-state index in [1.807, 2.05) is 48.5 Å². The first-order chi connectivity index (χ1) is 9.72. The number of nitrogens with one attached hydrogen (secondary N) is 4. The summed E-state index contributed by atoms with van der Waals surface area (Å²) in [4.78, 5) is 12.1. The highest BCUT2D eigenvalue weighted by molar-refractivity contribution is 7.71. The Hall–Kier alpha value is -2.18. The molecule has 2 aromatic carbocycles. The van der Waals surface area contributed by atoms with Crippen molar-refractivity contribution in [1.82, 2.24) is 19.9 Å². The van der Waals surface area contributed by atoms with E-state index in [-0.39, 0.29) is 0 Å². The molecule has 0 aliphatic heterocycles. The summed E-state index contributed by atoms with van der Waals surface area (Å²) in [6.07, 6.45) is 0. The fourth-order valence-corrected chi connectivity index (χ4v) is 2.39.